The van der Waals surface area contributed by atoms with Gasteiger partial charge in [-0.15, -0.1) is 0 Å². The van der Waals surface area contributed by atoms with E-state index < -0.39 is 53.6 Å². The molecule has 5 unspecified atom stereocenters. The summed E-state index contributed by atoms with van der Waals surface area (Å²) in [5.74, 6) is -5.77. The van der Waals surface area contributed by atoms with E-state index >= 15 is 0 Å². The quantitative estimate of drug-likeness (QED) is 0.0663. The zero-order valence-corrected chi connectivity index (χ0v) is 37.3. The van der Waals surface area contributed by atoms with Crippen molar-refractivity contribution in [2.45, 2.75) is 157 Å². The van der Waals surface area contributed by atoms with Crippen LogP contribution in [0.1, 0.15) is 147 Å². The van der Waals surface area contributed by atoms with Crippen LogP contribution in [0.4, 0.5) is 0 Å². The first-order valence-electron chi connectivity index (χ1n) is 20.9. The second-order valence-corrected chi connectivity index (χ2v) is 16.7. The Balaban J connectivity index is 0. The highest BCUT2D eigenvalue weighted by molar-refractivity contribution is 5.94. The lowest BCUT2D eigenvalue weighted by Crippen LogP contribution is -2.44. The molecule has 16 heteroatoms. The number of esters is 1. The number of ketones is 8. The molecule has 0 rings (SSSR count). The predicted octanol–water partition coefficient (Wildman–Crippen LogP) is 4.42. The number of amides is 2. The fraction of sp³-hybridized carbons (Fsp3) is 0.750. The second-order valence-electron chi connectivity index (χ2n) is 16.7. The van der Waals surface area contributed by atoms with E-state index in [0.29, 0.717) is 6.42 Å². The summed E-state index contributed by atoms with van der Waals surface area (Å²) < 4.78 is 16.2. The van der Waals surface area contributed by atoms with E-state index in [9.17, 15) is 52.7 Å². The molecule has 0 aliphatic heterocycles. The van der Waals surface area contributed by atoms with Crippen molar-refractivity contribution in [3.63, 3.8) is 0 Å². The molecule has 60 heavy (non-hydrogen) atoms. The average Bonchev–Trinajstić information content (AvgIpc) is 3.13. The molecule has 0 aromatic carbocycles. The molecule has 16 nitrogen and oxygen atoms in total. The van der Waals surface area contributed by atoms with Crippen LogP contribution in [0.5, 0.6) is 0 Å². The zero-order valence-electron chi connectivity index (χ0n) is 37.3. The third-order valence-electron chi connectivity index (χ3n) is 9.80. The molecule has 0 radical (unpaired) electrons. The zero-order chi connectivity index (χ0) is 46.0. The molecule has 0 fully saturated rings. The maximum Gasteiger partial charge on any atom is 0.309 e. The van der Waals surface area contributed by atoms with Gasteiger partial charge in [-0.1, -0.05) is 6.92 Å². The Labute approximate surface area is 356 Å². The van der Waals surface area contributed by atoms with Crippen molar-refractivity contribution in [1.82, 2.24) is 10.6 Å². The fourth-order valence-corrected chi connectivity index (χ4v) is 6.03. The molecular formula is C44H72N2O14. The van der Waals surface area contributed by atoms with E-state index in [2.05, 4.69) is 10.6 Å². The van der Waals surface area contributed by atoms with Crippen LogP contribution in [0.3, 0.4) is 0 Å². The van der Waals surface area contributed by atoms with Gasteiger partial charge in [0.05, 0.1) is 31.8 Å². The molecule has 0 saturated heterocycles. The van der Waals surface area contributed by atoms with Crippen LogP contribution in [0.2, 0.25) is 0 Å². The lowest BCUT2D eigenvalue weighted by atomic mass is 9.88. The molecule has 0 saturated carbocycles. The number of hydrogen-bond donors (Lipinski definition) is 2. The van der Waals surface area contributed by atoms with Crippen molar-refractivity contribution in [3.8, 4) is 0 Å². The van der Waals surface area contributed by atoms with Crippen LogP contribution >= 0.6 is 0 Å². The van der Waals surface area contributed by atoms with E-state index in [1.54, 1.807) is 27.7 Å². The van der Waals surface area contributed by atoms with E-state index in [-0.39, 0.29) is 157 Å². The standard InChI is InChI=1S/C44H70N2O14.H2/c1-28(43(57)60-44(7,8)9)10-16-37(52)25-35(32(5)50)15-19-41(55)45-20-21-58-22-23-59-27-42(56)46-39(40(54)26-36(33(6)51)14-12-30(3)48)18-17-38(53)24-34(31(4)49)13-11-29(2)47;/h28,34-36,39H,10-27H2,1-9H3,(H,45,55)(H,46,56);1H. The molecule has 5 atom stereocenters. The van der Waals surface area contributed by atoms with Crippen molar-refractivity contribution in [2.24, 2.45) is 23.7 Å². The minimum absolute atomic E-state index is 0. The number of nitrogens with one attached hydrogen (secondary N) is 2. The SMILES string of the molecule is CC(=O)CCC(CC(=O)CCC(NC(=O)COCCOCCNC(=O)CCC(CC(=O)CCC(C)C(=O)OC(C)(C)C)C(C)=O)C(=O)CC(CCC(C)=O)C(C)=O)C(C)=O.[HH]. The largest absolute Gasteiger partial charge is 0.460 e. The van der Waals surface area contributed by atoms with Crippen molar-refractivity contribution in [3.05, 3.63) is 0 Å². The summed E-state index contributed by atoms with van der Waals surface area (Å²) in [6.45, 7) is 13.7. The van der Waals surface area contributed by atoms with Gasteiger partial charge in [0, 0.05) is 77.1 Å². The van der Waals surface area contributed by atoms with Crippen LogP contribution in [-0.2, 0) is 67.0 Å². The van der Waals surface area contributed by atoms with E-state index in [0.717, 1.165) is 0 Å². The average molecular weight is 853 g/mol. The summed E-state index contributed by atoms with van der Waals surface area (Å²) in [5.41, 5.74) is -0.631. The minimum Gasteiger partial charge on any atom is -0.460 e. The highest BCUT2D eigenvalue weighted by atomic mass is 16.6. The number of ether oxygens (including phenoxy) is 3. The maximum absolute atomic E-state index is 13.3. The lowest BCUT2D eigenvalue weighted by molar-refractivity contribution is -0.159. The molecule has 0 aromatic rings. The summed E-state index contributed by atoms with van der Waals surface area (Å²) in [6, 6.07) is -1.14. The van der Waals surface area contributed by atoms with Crippen molar-refractivity contribution in [1.29, 1.82) is 0 Å². The Morgan fingerprint density at radius 2 is 1.02 bits per heavy atom. The molecule has 2 N–H and O–H groups in total. The Bertz CT molecular complexity index is 1500. The van der Waals surface area contributed by atoms with Gasteiger partial charge in [0.25, 0.3) is 0 Å². The van der Waals surface area contributed by atoms with E-state index in [1.807, 2.05) is 0 Å². The summed E-state index contributed by atoms with van der Waals surface area (Å²) in [6.07, 6.45) is 0.697. The molecular weight excluding hydrogens is 780 g/mol. The van der Waals surface area contributed by atoms with Crippen LogP contribution in [0.15, 0.2) is 0 Å². The first-order valence-corrected chi connectivity index (χ1v) is 20.9. The predicted molar refractivity (Wildman–Crippen MR) is 223 cm³/mol. The van der Waals surface area contributed by atoms with Gasteiger partial charge < -0.3 is 34.4 Å². The van der Waals surface area contributed by atoms with Gasteiger partial charge in [0.1, 0.15) is 52.7 Å². The number of rotatable bonds is 35. The molecule has 0 heterocycles. The third kappa shape index (κ3) is 28.2. The van der Waals surface area contributed by atoms with Gasteiger partial charge in [-0.05, 0) is 87.5 Å². The van der Waals surface area contributed by atoms with Crippen molar-refractivity contribution < 1.29 is 68.4 Å². The van der Waals surface area contributed by atoms with Gasteiger partial charge in [0.15, 0.2) is 5.78 Å². The van der Waals surface area contributed by atoms with Crippen molar-refractivity contribution in [2.75, 3.05) is 33.0 Å². The Morgan fingerprint density at radius 1 is 0.550 bits per heavy atom. The third-order valence-corrected chi connectivity index (χ3v) is 9.80. The molecule has 0 spiro atoms. The molecule has 0 aromatic heterocycles. The highest BCUT2D eigenvalue weighted by Crippen LogP contribution is 2.21. The maximum atomic E-state index is 13.3. The van der Waals surface area contributed by atoms with Gasteiger partial charge in [-0.25, -0.2) is 0 Å². The second kappa shape index (κ2) is 29.8. The number of hydrogen-bond acceptors (Lipinski definition) is 14. The summed E-state index contributed by atoms with van der Waals surface area (Å²) in [4.78, 5) is 135. The lowest BCUT2D eigenvalue weighted by Gasteiger charge is -2.22. The summed E-state index contributed by atoms with van der Waals surface area (Å²) in [5, 5.41) is 5.26. The molecule has 342 valence electrons. The van der Waals surface area contributed by atoms with Crippen molar-refractivity contribution >= 4 is 64.0 Å². The molecule has 0 bridgehead atoms. The van der Waals surface area contributed by atoms with E-state index in [4.69, 9.17) is 14.2 Å². The topological polar surface area (TPSA) is 240 Å². The Kier molecular flexibility index (Phi) is 27.7. The number of Topliss-reactive ketones (excluding diaryl/α,β-unsaturated/α-hetero) is 8. The van der Waals surface area contributed by atoms with Gasteiger partial charge >= 0.3 is 5.97 Å². The summed E-state index contributed by atoms with van der Waals surface area (Å²) in [7, 11) is 0. The highest BCUT2D eigenvalue weighted by Gasteiger charge is 2.28. The Morgan fingerprint density at radius 3 is 1.50 bits per heavy atom. The normalized spacial score (nSPS) is 13.8. The minimum atomic E-state index is -1.14. The van der Waals surface area contributed by atoms with Crippen LogP contribution in [0, 0.1) is 23.7 Å². The molecule has 0 aliphatic rings. The first-order chi connectivity index (χ1) is 27.9. The van der Waals surface area contributed by atoms with Gasteiger partial charge in [0.2, 0.25) is 11.8 Å². The Hall–Kier alpha value is -4.31. The van der Waals surface area contributed by atoms with Crippen LogP contribution < -0.4 is 10.6 Å². The molecule has 0 aliphatic carbocycles. The summed E-state index contributed by atoms with van der Waals surface area (Å²) >= 11 is 0. The fourth-order valence-electron chi connectivity index (χ4n) is 6.03. The van der Waals surface area contributed by atoms with Crippen LogP contribution in [-0.4, -0.2) is 109 Å². The monoisotopic (exact) mass is 852 g/mol. The van der Waals surface area contributed by atoms with E-state index in [1.165, 1.54) is 34.6 Å². The van der Waals surface area contributed by atoms with Gasteiger partial charge in [-0.3, -0.25) is 43.2 Å². The molecule has 2 amide bonds. The first kappa shape index (κ1) is 55.7. The van der Waals surface area contributed by atoms with Gasteiger partial charge in [-0.2, -0.15) is 0 Å². The van der Waals surface area contributed by atoms with Crippen LogP contribution in [0.25, 0.3) is 0 Å². The number of carbonyl (C=O) groups excluding carboxylic acids is 11. The number of carbonyl (C=O) groups is 11. The smallest absolute Gasteiger partial charge is 0.309 e.